The lowest BCUT2D eigenvalue weighted by Crippen LogP contribution is -2.07. The molecule has 0 aliphatic carbocycles. The molecule has 0 heterocycles. The lowest BCUT2D eigenvalue weighted by Gasteiger charge is -2.08. The number of rotatable bonds is 5. The minimum atomic E-state index is -4.36. The van der Waals surface area contributed by atoms with Crippen molar-refractivity contribution in [3.05, 3.63) is 35.4 Å². The first kappa shape index (κ1) is 15.0. The Morgan fingerprint density at radius 2 is 1.94 bits per heavy atom. The van der Waals surface area contributed by atoms with Crippen molar-refractivity contribution in [3.63, 3.8) is 0 Å². The summed E-state index contributed by atoms with van der Waals surface area (Å²) in [5.41, 5.74) is -0.203. The summed E-state index contributed by atoms with van der Waals surface area (Å²) in [6, 6.07) is 4.95. The summed E-state index contributed by atoms with van der Waals surface area (Å²) < 4.78 is 63.0. The molecule has 0 N–H and O–H groups in total. The van der Waals surface area contributed by atoms with Crippen molar-refractivity contribution in [2.24, 2.45) is 0 Å². The molecule has 0 saturated heterocycles. The highest BCUT2D eigenvalue weighted by molar-refractivity contribution is 7.85. The van der Waals surface area contributed by atoms with Crippen molar-refractivity contribution in [2.45, 2.75) is 19.0 Å². The molecule has 0 aliphatic heterocycles. The maximum atomic E-state index is 12.4. The monoisotopic (exact) mass is 282 g/mol. The Bertz CT molecular complexity index is 495. The number of aryl methyl sites for hydroxylation is 1. The number of hydrogen-bond donors (Lipinski definition) is 0. The van der Waals surface area contributed by atoms with Crippen LogP contribution in [0.2, 0.25) is 0 Å². The SMILES string of the molecule is CS(=O)(=O)OCCCc1cccc(C(F)(F)F)c1. The molecule has 0 saturated carbocycles. The third-order valence-corrected chi connectivity index (χ3v) is 2.76. The van der Waals surface area contributed by atoms with Crippen LogP contribution in [0.15, 0.2) is 24.3 Å². The average Bonchev–Trinajstić information content (AvgIpc) is 2.22. The van der Waals surface area contributed by atoms with E-state index in [-0.39, 0.29) is 6.61 Å². The summed E-state index contributed by atoms with van der Waals surface area (Å²) >= 11 is 0. The molecule has 0 atom stereocenters. The molecule has 0 aromatic heterocycles. The van der Waals surface area contributed by atoms with E-state index in [1.165, 1.54) is 6.07 Å². The molecular formula is C11H13F3O3S. The zero-order valence-electron chi connectivity index (χ0n) is 9.70. The summed E-state index contributed by atoms with van der Waals surface area (Å²) in [6.07, 6.45) is -2.76. The Morgan fingerprint density at radius 3 is 2.50 bits per heavy atom. The standard InChI is InChI=1S/C11H13F3O3S/c1-18(15,16)17-7-3-5-9-4-2-6-10(8-9)11(12,13)14/h2,4,6,8H,3,5,7H2,1H3. The Kier molecular flexibility index (Phi) is 4.75. The van der Waals surface area contributed by atoms with Crippen LogP contribution in [-0.4, -0.2) is 21.3 Å². The molecule has 1 aromatic carbocycles. The van der Waals surface area contributed by atoms with Crippen LogP contribution < -0.4 is 0 Å². The second-order valence-corrected chi connectivity index (χ2v) is 5.47. The molecule has 0 fully saturated rings. The summed E-state index contributed by atoms with van der Waals surface area (Å²) in [7, 11) is -3.49. The lowest BCUT2D eigenvalue weighted by atomic mass is 10.1. The van der Waals surface area contributed by atoms with E-state index in [1.807, 2.05) is 0 Å². The fourth-order valence-corrected chi connectivity index (χ4v) is 1.81. The molecule has 1 aromatic rings. The van der Waals surface area contributed by atoms with Crippen molar-refractivity contribution < 1.29 is 25.8 Å². The van der Waals surface area contributed by atoms with Crippen LogP contribution in [0.1, 0.15) is 17.5 Å². The minimum Gasteiger partial charge on any atom is -0.270 e. The van der Waals surface area contributed by atoms with Crippen LogP contribution in [0.4, 0.5) is 13.2 Å². The number of alkyl halides is 3. The van der Waals surface area contributed by atoms with Gasteiger partial charge in [-0.3, -0.25) is 4.18 Å². The van der Waals surface area contributed by atoms with E-state index in [0.717, 1.165) is 18.4 Å². The molecule has 7 heteroatoms. The molecule has 3 nitrogen and oxygen atoms in total. The first-order valence-corrected chi connectivity index (χ1v) is 7.01. The molecular weight excluding hydrogens is 269 g/mol. The molecule has 0 amide bonds. The maximum absolute atomic E-state index is 12.4. The van der Waals surface area contributed by atoms with Gasteiger partial charge in [-0.05, 0) is 24.5 Å². The van der Waals surface area contributed by atoms with Crippen molar-refractivity contribution in [1.29, 1.82) is 0 Å². The van der Waals surface area contributed by atoms with Crippen LogP contribution in [0.3, 0.4) is 0 Å². The first-order valence-electron chi connectivity index (χ1n) is 5.19. The molecule has 18 heavy (non-hydrogen) atoms. The Labute approximate surface area is 104 Å². The largest absolute Gasteiger partial charge is 0.416 e. The van der Waals surface area contributed by atoms with Crippen molar-refractivity contribution in [1.82, 2.24) is 0 Å². The van der Waals surface area contributed by atoms with Gasteiger partial charge in [0.25, 0.3) is 10.1 Å². The average molecular weight is 282 g/mol. The van der Waals surface area contributed by atoms with Crippen LogP contribution in [0, 0.1) is 0 Å². The Morgan fingerprint density at radius 1 is 1.28 bits per heavy atom. The zero-order chi connectivity index (χ0) is 13.8. The predicted molar refractivity (Wildman–Crippen MR) is 60.6 cm³/mol. The van der Waals surface area contributed by atoms with E-state index in [1.54, 1.807) is 6.07 Å². The summed E-state index contributed by atoms with van der Waals surface area (Å²) in [6.45, 7) is -0.0327. The summed E-state index contributed by atoms with van der Waals surface area (Å²) in [5, 5.41) is 0. The Balaban J connectivity index is 2.53. The Hall–Kier alpha value is -1.08. The topological polar surface area (TPSA) is 43.4 Å². The minimum absolute atomic E-state index is 0.0327. The maximum Gasteiger partial charge on any atom is 0.416 e. The first-order chi connectivity index (χ1) is 8.18. The quantitative estimate of drug-likeness (QED) is 0.616. The van der Waals surface area contributed by atoms with Gasteiger partial charge in [0.1, 0.15) is 0 Å². The fourth-order valence-electron chi connectivity index (χ4n) is 1.39. The molecule has 0 radical (unpaired) electrons. The van der Waals surface area contributed by atoms with Gasteiger partial charge in [0.15, 0.2) is 0 Å². The molecule has 0 spiro atoms. The van der Waals surface area contributed by atoms with Gasteiger partial charge in [0, 0.05) is 0 Å². The fraction of sp³-hybridized carbons (Fsp3) is 0.455. The van der Waals surface area contributed by atoms with Crippen LogP contribution in [-0.2, 0) is 26.9 Å². The van der Waals surface area contributed by atoms with Gasteiger partial charge in [-0.1, -0.05) is 18.2 Å². The van der Waals surface area contributed by atoms with Crippen molar-refractivity contribution in [3.8, 4) is 0 Å². The molecule has 0 aliphatic rings. The lowest BCUT2D eigenvalue weighted by molar-refractivity contribution is -0.137. The van der Waals surface area contributed by atoms with Gasteiger partial charge in [0.05, 0.1) is 18.4 Å². The van der Waals surface area contributed by atoms with Crippen molar-refractivity contribution >= 4 is 10.1 Å². The predicted octanol–water partition coefficient (Wildman–Crippen LogP) is 2.61. The summed E-state index contributed by atoms with van der Waals surface area (Å²) in [5.74, 6) is 0. The number of hydrogen-bond acceptors (Lipinski definition) is 3. The third-order valence-electron chi connectivity index (χ3n) is 2.16. The van der Waals surface area contributed by atoms with Gasteiger partial charge in [-0.2, -0.15) is 21.6 Å². The van der Waals surface area contributed by atoms with E-state index in [2.05, 4.69) is 4.18 Å². The van der Waals surface area contributed by atoms with E-state index in [4.69, 9.17) is 0 Å². The molecule has 0 unspecified atom stereocenters. The van der Waals surface area contributed by atoms with Gasteiger partial charge in [-0.25, -0.2) is 0 Å². The van der Waals surface area contributed by atoms with Crippen molar-refractivity contribution in [2.75, 3.05) is 12.9 Å². The van der Waals surface area contributed by atoms with Gasteiger partial charge in [0.2, 0.25) is 0 Å². The van der Waals surface area contributed by atoms with Crippen LogP contribution in [0.5, 0.6) is 0 Å². The second kappa shape index (κ2) is 5.71. The molecule has 0 bridgehead atoms. The number of benzene rings is 1. The van der Waals surface area contributed by atoms with Gasteiger partial charge >= 0.3 is 6.18 Å². The third kappa shape index (κ3) is 5.50. The van der Waals surface area contributed by atoms with E-state index >= 15 is 0 Å². The second-order valence-electron chi connectivity index (χ2n) is 3.83. The zero-order valence-corrected chi connectivity index (χ0v) is 10.5. The normalized spacial score (nSPS) is 12.7. The van der Waals surface area contributed by atoms with Crippen LogP contribution in [0.25, 0.3) is 0 Å². The highest BCUT2D eigenvalue weighted by Crippen LogP contribution is 2.29. The summed E-state index contributed by atoms with van der Waals surface area (Å²) in [4.78, 5) is 0. The van der Waals surface area contributed by atoms with Crippen LogP contribution >= 0.6 is 0 Å². The van der Waals surface area contributed by atoms with E-state index < -0.39 is 21.9 Å². The van der Waals surface area contributed by atoms with Gasteiger partial charge in [-0.15, -0.1) is 0 Å². The van der Waals surface area contributed by atoms with Gasteiger partial charge < -0.3 is 0 Å². The number of halogens is 3. The molecule has 1 rings (SSSR count). The smallest absolute Gasteiger partial charge is 0.270 e. The highest BCUT2D eigenvalue weighted by atomic mass is 32.2. The molecule has 102 valence electrons. The highest BCUT2D eigenvalue weighted by Gasteiger charge is 2.30. The van der Waals surface area contributed by atoms with E-state index in [0.29, 0.717) is 18.4 Å². The van der Waals surface area contributed by atoms with E-state index in [9.17, 15) is 21.6 Å².